The number of hydrogen-bond acceptors (Lipinski definition) is 3. The molecule has 88 valence electrons. The van der Waals surface area contributed by atoms with Gasteiger partial charge in [0.25, 0.3) is 0 Å². The lowest BCUT2D eigenvalue weighted by Gasteiger charge is -2.10. The fourth-order valence-corrected chi connectivity index (χ4v) is 1.49. The average Bonchev–Trinajstić information content (AvgIpc) is 2.14. The first-order valence-electron chi connectivity index (χ1n) is 4.01. The maximum atomic E-state index is 11.9. The highest BCUT2D eigenvalue weighted by atomic mass is 35.5. The van der Waals surface area contributed by atoms with E-state index in [1.165, 1.54) is 6.07 Å². The van der Waals surface area contributed by atoms with Gasteiger partial charge in [-0.05, 0) is 18.2 Å². The van der Waals surface area contributed by atoms with Crippen LogP contribution in [0.25, 0.3) is 0 Å². The number of halogens is 4. The van der Waals surface area contributed by atoms with Crippen LogP contribution >= 0.6 is 24.2 Å². The summed E-state index contributed by atoms with van der Waals surface area (Å²) in [7, 11) is 0. The molecule has 0 N–H and O–H groups in total. The van der Waals surface area contributed by atoms with Crippen molar-refractivity contribution in [3.63, 3.8) is 0 Å². The van der Waals surface area contributed by atoms with Crippen molar-refractivity contribution < 1.29 is 22.7 Å². The Morgan fingerprint density at radius 2 is 2.06 bits per heavy atom. The second kappa shape index (κ2) is 4.97. The van der Waals surface area contributed by atoms with Crippen LogP contribution in [0.3, 0.4) is 0 Å². The molecule has 0 saturated heterocycles. The fraction of sp³-hybridized carbons (Fsp3) is 0.222. The summed E-state index contributed by atoms with van der Waals surface area (Å²) in [5, 5.41) is 0. The molecule has 0 aliphatic rings. The second-order valence-electron chi connectivity index (χ2n) is 2.78. The van der Waals surface area contributed by atoms with Gasteiger partial charge < -0.3 is 4.74 Å². The highest BCUT2D eigenvalue weighted by Gasteiger charge is 2.31. The lowest BCUT2D eigenvalue weighted by Crippen LogP contribution is -2.17. The molecule has 0 atom stereocenters. The van der Waals surface area contributed by atoms with Crippen molar-refractivity contribution in [2.45, 2.75) is 11.3 Å². The molecule has 1 aromatic rings. The Labute approximate surface area is 99.8 Å². The molecule has 0 saturated carbocycles. The molecule has 2 nitrogen and oxygen atoms in total. The van der Waals surface area contributed by atoms with Crippen LogP contribution in [0.2, 0.25) is 0 Å². The average molecular weight is 271 g/mol. The summed E-state index contributed by atoms with van der Waals surface area (Å²) >= 11 is 9.19. The molecular formula is C9H6ClF3O2S. The molecule has 7 heteroatoms. The molecule has 16 heavy (non-hydrogen) atoms. The predicted molar refractivity (Wildman–Crippen MR) is 55.4 cm³/mol. The molecule has 0 radical (unpaired) electrons. The number of carbonyl (C=O) groups excluding carboxylic acids is 1. The maximum Gasteiger partial charge on any atom is 0.573 e. The number of carbonyl (C=O) groups is 1. The minimum absolute atomic E-state index is 0.0902. The van der Waals surface area contributed by atoms with Crippen molar-refractivity contribution in [1.82, 2.24) is 0 Å². The number of hydrogen-bond donors (Lipinski definition) is 1. The SMILES string of the molecule is O=C(CCl)c1ccc(OC(F)(F)F)cc1S. The Morgan fingerprint density at radius 1 is 1.44 bits per heavy atom. The van der Waals surface area contributed by atoms with Gasteiger partial charge in [-0.2, -0.15) is 0 Å². The molecule has 0 bridgehead atoms. The van der Waals surface area contributed by atoms with Gasteiger partial charge in [0.15, 0.2) is 5.78 Å². The van der Waals surface area contributed by atoms with Gasteiger partial charge in [0.2, 0.25) is 0 Å². The Bertz CT molecular complexity index is 406. The highest BCUT2D eigenvalue weighted by Crippen LogP contribution is 2.26. The first kappa shape index (κ1) is 13.2. The van der Waals surface area contributed by atoms with Gasteiger partial charge in [0, 0.05) is 10.5 Å². The second-order valence-corrected chi connectivity index (χ2v) is 3.53. The van der Waals surface area contributed by atoms with E-state index in [0.717, 1.165) is 12.1 Å². The zero-order chi connectivity index (χ0) is 12.3. The zero-order valence-electron chi connectivity index (χ0n) is 7.71. The zero-order valence-corrected chi connectivity index (χ0v) is 9.37. The standard InChI is InChI=1S/C9H6ClF3O2S/c10-4-7(14)6-2-1-5(3-8(6)16)15-9(11,12)13/h1-3,16H,4H2. The maximum absolute atomic E-state index is 11.9. The van der Waals surface area contributed by atoms with E-state index in [1.54, 1.807) is 0 Å². The molecule has 0 aliphatic heterocycles. The normalized spacial score (nSPS) is 11.3. The third-order valence-electron chi connectivity index (χ3n) is 1.62. The highest BCUT2D eigenvalue weighted by molar-refractivity contribution is 7.80. The summed E-state index contributed by atoms with van der Waals surface area (Å²) in [4.78, 5) is 11.3. The number of Topliss-reactive ketones (excluding diaryl/α,β-unsaturated/α-hetero) is 1. The molecular weight excluding hydrogens is 265 g/mol. The number of benzene rings is 1. The molecule has 0 spiro atoms. The third kappa shape index (κ3) is 3.61. The summed E-state index contributed by atoms with van der Waals surface area (Å²) < 4.78 is 39.2. The van der Waals surface area contributed by atoms with Gasteiger partial charge in [0.1, 0.15) is 5.75 Å². The topological polar surface area (TPSA) is 26.3 Å². The molecule has 0 aliphatic carbocycles. The van der Waals surface area contributed by atoms with Crippen molar-refractivity contribution in [2.75, 3.05) is 5.88 Å². The number of alkyl halides is 4. The Morgan fingerprint density at radius 3 is 2.50 bits per heavy atom. The third-order valence-corrected chi connectivity index (χ3v) is 2.24. The molecule has 0 amide bonds. The number of thiol groups is 1. The van der Waals surface area contributed by atoms with Gasteiger partial charge in [0.05, 0.1) is 5.88 Å². The van der Waals surface area contributed by atoms with E-state index in [4.69, 9.17) is 11.6 Å². The lowest BCUT2D eigenvalue weighted by molar-refractivity contribution is -0.274. The van der Waals surface area contributed by atoms with Crippen LogP contribution < -0.4 is 4.74 Å². The van der Waals surface area contributed by atoms with E-state index >= 15 is 0 Å². The largest absolute Gasteiger partial charge is 0.573 e. The summed E-state index contributed by atoms with van der Waals surface area (Å²) in [6, 6.07) is 3.23. The predicted octanol–water partition coefficient (Wildman–Crippen LogP) is 3.30. The molecule has 1 rings (SSSR count). The quantitative estimate of drug-likeness (QED) is 0.518. The summed E-state index contributed by atoms with van der Waals surface area (Å²) in [5.41, 5.74) is 0.160. The minimum atomic E-state index is -4.77. The van der Waals surface area contributed by atoms with E-state index in [2.05, 4.69) is 17.4 Å². The number of rotatable bonds is 3. The molecule has 0 fully saturated rings. The van der Waals surface area contributed by atoms with Gasteiger partial charge in [-0.3, -0.25) is 4.79 Å². The first-order chi connectivity index (χ1) is 7.33. The van der Waals surface area contributed by atoms with Gasteiger partial charge in [-0.25, -0.2) is 0 Å². The van der Waals surface area contributed by atoms with Crippen LogP contribution in [-0.2, 0) is 0 Å². The van der Waals surface area contributed by atoms with Gasteiger partial charge in [-0.15, -0.1) is 37.4 Å². The van der Waals surface area contributed by atoms with E-state index in [9.17, 15) is 18.0 Å². The summed E-state index contributed by atoms with van der Waals surface area (Å²) in [6.45, 7) is 0. The molecule has 1 aromatic carbocycles. The Hall–Kier alpha value is -0.880. The van der Waals surface area contributed by atoms with Crippen molar-refractivity contribution in [3.8, 4) is 5.75 Å². The monoisotopic (exact) mass is 270 g/mol. The van der Waals surface area contributed by atoms with E-state index in [1.807, 2.05) is 0 Å². The lowest BCUT2D eigenvalue weighted by atomic mass is 10.1. The van der Waals surface area contributed by atoms with Crippen molar-refractivity contribution in [2.24, 2.45) is 0 Å². The van der Waals surface area contributed by atoms with Crippen LogP contribution in [0, 0.1) is 0 Å². The van der Waals surface area contributed by atoms with Crippen LogP contribution in [-0.4, -0.2) is 18.0 Å². The van der Waals surface area contributed by atoms with Gasteiger partial charge >= 0.3 is 6.36 Å². The Balaban J connectivity index is 2.96. The Kier molecular flexibility index (Phi) is 4.09. The smallest absolute Gasteiger partial charge is 0.406 e. The summed E-state index contributed by atoms with van der Waals surface area (Å²) in [6.07, 6.45) is -4.77. The van der Waals surface area contributed by atoms with E-state index < -0.39 is 17.9 Å². The molecule has 0 aromatic heterocycles. The van der Waals surface area contributed by atoms with E-state index in [0.29, 0.717) is 0 Å². The van der Waals surface area contributed by atoms with Crippen LogP contribution in [0.5, 0.6) is 5.75 Å². The number of ether oxygens (including phenoxy) is 1. The summed E-state index contributed by atoms with van der Waals surface area (Å²) in [5.74, 6) is -1.10. The van der Waals surface area contributed by atoms with Crippen molar-refractivity contribution >= 4 is 30.0 Å². The van der Waals surface area contributed by atoms with Crippen molar-refractivity contribution in [1.29, 1.82) is 0 Å². The fourth-order valence-electron chi connectivity index (χ4n) is 1.02. The van der Waals surface area contributed by atoms with Gasteiger partial charge in [-0.1, -0.05) is 0 Å². The van der Waals surface area contributed by atoms with Crippen molar-refractivity contribution in [3.05, 3.63) is 23.8 Å². The number of ketones is 1. The molecule has 0 unspecified atom stereocenters. The minimum Gasteiger partial charge on any atom is -0.406 e. The van der Waals surface area contributed by atoms with Crippen LogP contribution in [0.15, 0.2) is 23.1 Å². The first-order valence-corrected chi connectivity index (χ1v) is 4.99. The van der Waals surface area contributed by atoms with Crippen LogP contribution in [0.4, 0.5) is 13.2 Å². The van der Waals surface area contributed by atoms with Crippen LogP contribution in [0.1, 0.15) is 10.4 Å². The molecule has 0 heterocycles. The van der Waals surface area contributed by atoms with E-state index in [-0.39, 0.29) is 16.3 Å².